The summed E-state index contributed by atoms with van der Waals surface area (Å²) in [5.74, 6) is 0.956. The van der Waals surface area contributed by atoms with Crippen molar-refractivity contribution in [3.05, 3.63) is 71.8 Å². The van der Waals surface area contributed by atoms with Crippen molar-refractivity contribution in [3.8, 4) is 17.3 Å². The van der Waals surface area contributed by atoms with Gasteiger partial charge in [-0.15, -0.1) is 15.3 Å². The average Bonchev–Trinajstić information content (AvgIpc) is 3.17. The molecular formula is C21H21N5O3S. The lowest BCUT2D eigenvalue weighted by Gasteiger charge is -2.11. The number of sulfonamides is 1. The molecule has 2 aromatic heterocycles. The van der Waals surface area contributed by atoms with E-state index in [4.69, 9.17) is 4.74 Å². The first kappa shape index (κ1) is 20.0. The van der Waals surface area contributed by atoms with Crippen LogP contribution in [0.3, 0.4) is 0 Å². The van der Waals surface area contributed by atoms with Crippen LogP contribution in [0.4, 0.5) is 0 Å². The molecule has 0 spiro atoms. The number of hydrogen-bond acceptors (Lipinski definition) is 6. The lowest BCUT2D eigenvalue weighted by Crippen LogP contribution is -2.29. The minimum absolute atomic E-state index is 0.114. The molecule has 154 valence electrons. The summed E-state index contributed by atoms with van der Waals surface area (Å²) in [5.41, 5.74) is 3.06. The molecule has 0 unspecified atom stereocenters. The van der Waals surface area contributed by atoms with Crippen molar-refractivity contribution in [2.75, 3.05) is 13.2 Å². The van der Waals surface area contributed by atoms with E-state index < -0.39 is 10.0 Å². The topological polar surface area (TPSA) is 98.5 Å². The van der Waals surface area contributed by atoms with Crippen LogP contribution in [0.25, 0.3) is 17.0 Å². The van der Waals surface area contributed by atoms with Crippen molar-refractivity contribution in [1.82, 2.24) is 24.5 Å². The van der Waals surface area contributed by atoms with E-state index in [1.165, 1.54) is 0 Å². The first-order chi connectivity index (χ1) is 14.4. The van der Waals surface area contributed by atoms with Crippen LogP contribution in [0.1, 0.15) is 11.1 Å². The van der Waals surface area contributed by atoms with Gasteiger partial charge in [0.15, 0.2) is 11.5 Å². The summed E-state index contributed by atoms with van der Waals surface area (Å²) in [5, 5.41) is 12.7. The molecule has 8 nitrogen and oxygen atoms in total. The van der Waals surface area contributed by atoms with Crippen LogP contribution < -0.4 is 9.46 Å². The second kappa shape index (κ2) is 8.21. The average molecular weight is 423 g/mol. The first-order valence-corrected chi connectivity index (χ1v) is 10.9. The maximum absolute atomic E-state index is 12.6. The van der Waals surface area contributed by atoms with Gasteiger partial charge >= 0.3 is 0 Å². The SMILES string of the molecule is Cc1ccc(C)c(S(=O)(=O)NCCOc2ccc3nnc(-c4ccccc4)n3n2)c1. The zero-order valence-electron chi connectivity index (χ0n) is 16.6. The van der Waals surface area contributed by atoms with E-state index in [0.29, 0.717) is 22.9 Å². The third-order valence-corrected chi connectivity index (χ3v) is 6.15. The van der Waals surface area contributed by atoms with Gasteiger partial charge in [-0.05, 0) is 37.1 Å². The van der Waals surface area contributed by atoms with Gasteiger partial charge in [-0.2, -0.15) is 4.52 Å². The Bertz CT molecular complexity index is 1290. The molecule has 0 saturated carbocycles. The van der Waals surface area contributed by atoms with E-state index in [0.717, 1.165) is 11.1 Å². The Hall–Kier alpha value is -3.30. The highest BCUT2D eigenvalue weighted by Gasteiger charge is 2.16. The molecule has 0 saturated heterocycles. The van der Waals surface area contributed by atoms with Crippen LogP contribution in [0.15, 0.2) is 65.6 Å². The Morgan fingerprint density at radius 2 is 1.80 bits per heavy atom. The largest absolute Gasteiger partial charge is 0.475 e. The first-order valence-electron chi connectivity index (χ1n) is 9.42. The van der Waals surface area contributed by atoms with Crippen molar-refractivity contribution >= 4 is 15.7 Å². The molecule has 4 aromatic rings. The molecule has 0 bridgehead atoms. The van der Waals surface area contributed by atoms with Crippen molar-refractivity contribution in [2.45, 2.75) is 18.7 Å². The lowest BCUT2D eigenvalue weighted by atomic mass is 10.2. The molecule has 0 amide bonds. The number of rotatable bonds is 7. The Kier molecular flexibility index (Phi) is 5.47. The van der Waals surface area contributed by atoms with Crippen LogP contribution in [0, 0.1) is 13.8 Å². The number of hydrogen-bond donors (Lipinski definition) is 1. The van der Waals surface area contributed by atoms with E-state index in [1.54, 1.807) is 35.7 Å². The van der Waals surface area contributed by atoms with Crippen LogP contribution >= 0.6 is 0 Å². The van der Waals surface area contributed by atoms with E-state index in [1.807, 2.05) is 43.3 Å². The fourth-order valence-electron chi connectivity index (χ4n) is 3.02. The van der Waals surface area contributed by atoms with E-state index >= 15 is 0 Å². The standard InChI is InChI=1S/C21H21N5O3S/c1-15-8-9-16(2)18(14-15)30(27,28)22-12-13-29-20-11-10-19-23-24-21(26(19)25-20)17-6-4-3-5-7-17/h3-11,14,22H,12-13H2,1-2H3. The molecular weight excluding hydrogens is 402 g/mol. The highest BCUT2D eigenvalue weighted by molar-refractivity contribution is 7.89. The number of aromatic nitrogens is 4. The van der Waals surface area contributed by atoms with Crippen LogP contribution in [0.2, 0.25) is 0 Å². The predicted molar refractivity (Wildman–Crippen MR) is 113 cm³/mol. The Morgan fingerprint density at radius 3 is 2.60 bits per heavy atom. The molecule has 1 N–H and O–H groups in total. The Labute approximate surface area is 174 Å². The molecule has 0 radical (unpaired) electrons. The molecule has 2 aromatic carbocycles. The second-order valence-corrected chi connectivity index (χ2v) is 8.58. The van der Waals surface area contributed by atoms with Crippen molar-refractivity contribution in [3.63, 3.8) is 0 Å². The van der Waals surface area contributed by atoms with E-state index in [2.05, 4.69) is 20.0 Å². The van der Waals surface area contributed by atoms with Crippen molar-refractivity contribution < 1.29 is 13.2 Å². The summed E-state index contributed by atoms with van der Waals surface area (Å²) in [6.07, 6.45) is 0. The van der Waals surface area contributed by atoms with Gasteiger partial charge < -0.3 is 4.74 Å². The van der Waals surface area contributed by atoms with Crippen molar-refractivity contribution in [2.24, 2.45) is 0 Å². The maximum Gasteiger partial charge on any atom is 0.240 e. The maximum atomic E-state index is 12.6. The molecule has 9 heteroatoms. The van der Waals surface area contributed by atoms with Crippen LogP contribution in [0.5, 0.6) is 5.88 Å². The third kappa shape index (κ3) is 4.17. The second-order valence-electron chi connectivity index (χ2n) is 6.85. The van der Waals surface area contributed by atoms with Crippen LogP contribution in [-0.2, 0) is 10.0 Å². The fourth-order valence-corrected chi connectivity index (χ4v) is 4.36. The number of benzene rings is 2. The Balaban J connectivity index is 1.44. The predicted octanol–water partition coefficient (Wildman–Crippen LogP) is 2.77. The number of nitrogens with one attached hydrogen (secondary N) is 1. The third-order valence-electron chi connectivity index (χ3n) is 4.55. The molecule has 2 heterocycles. The van der Waals surface area contributed by atoms with Gasteiger partial charge in [0.1, 0.15) is 6.61 Å². The molecule has 0 aliphatic heterocycles. The quantitative estimate of drug-likeness (QED) is 0.459. The Morgan fingerprint density at radius 1 is 1.00 bits per heavy atom. The van der Waals surface area contributed by atoms with Gasteiger partial charge in [-0.25, -0.2) is 13.1 Å². The molecule has 0 aliphatic rings. The lowest BCUT2D eigenvalue weighted by molar-refractivity contribution is 0.306. The zero-order valence-corrected chi connectivity index (χ0v) is 17.4. The summed E-state index contributed by atoms with van der Waals surface area (Å²) in [4.78, 5) is 0.277. The summed E-state index contributed by atoms with van der Waals surface area (Å²) >= 11 is 0. The van der Waals surface area contributed by atoms with Gasteiger partial charge in [0.25, 0.3) is 0 Å². The number of aryl methyl sites for hydroxylation is 2. The summed E-state index contributed by atoms with van der Waals surface area (Å²) in [7, 11) is -3.61. The van der Waals surface area contributed by atoms with Gasteiger partial charge in [-0.3, -0.25) is 0 Å². The molecule has 30 heavy (non-hydrogen) atoms. The molecule has 0 aliphatic carbocycles. The summed E-state index contributed by atoms with van der Waals surface area (Å²) in [6.45, 7) is 3.87. The zero-order chi connectivity index (χ0) is 21.1. The highest BCUT2D eigenvalue weighted by Crippen LogP contribution is 2.19. The normalized spacial score (nSPS) is 11.7. The van der Waals surface area contributed by atoms with Crippen molar-refractivity contribution in [1.29, 1.82) is 0 Å². The van der Waals surface area contributed by atoms with E-state index in [-0.39, 0.29) is 18.0 Å². The number of ether oxygens (including phenoxy) is 1. The monoisotopic (exact) mass is 423 g/mol. The number of fused-ring (bicyclic) bond motifs is 1. The summed E-state index contributed by atoms with van der Waals surface area (Å²) in [6, 6.07) is 18.4. The fraction of sp³-hybridized carbons (Fsp3) is 0.190. The molecule has 4 rings (SSSR count). The minimum Gasteiger partial charge on any atom is -0.475 e. The van der Waals surface area contributed by atoms with Crippen LogP contribution in [-0.4, -0.2) is 41.4 Å². The number of nitrogens with zero attached hydrogens (tertiary/aromatic N) is 4. The minimum atomic E-state index is -3.61. The van der Waals surface area contributed by atoms with Gasteiger partial charge in [0, 0.05) is 18.2 Å². The smallest absolute Gasteiger partial charge is 0.240 e. The molecule has 0 atom stereocenters. The van der Waals surface area contributed by atoms with Gasteiger partial charge in [0.05, 0.1) is 4.90 Å². The summed E-state index contributed by atoms with van der Waals surface area (Å²) < 4.78 is 34.9. The van der Waals surface area contributed by atoms with Gasteiger partial charge in [-0.1, -0.05) is 42.5 Å². The van der Waals surface area contributed by atoms with E-state index in [9.17, 15) is 8.42 Å². The molecule has 0 fully saturated rings. The van der Waals surface area contributed by atoms with Gasteiger partial charge in [0.2, 0.25) is 15.9 Å². The highest BCUT2D eigenvalue weighted by atomic mass is 32.2.